The standard InChI is InChI=1S/C15H16O2/c1-2-4-12(5-3-1)13-6-8-14(9-7-13)16-10-15-11-17-15/h1-2,4,6-9,15H,3,5,10-11H2. The average molecular weight is 228 g/mol. The van der Waals surface area contributed by atoms with Gasteiger partial charge in [-0.2, -0.15) is 0 Å². The summed E-state index contributed by atoms with van der Waals surface area (Å²) in [5.41, 5.74) is 2.70. The third-order valence-electron chi connectivity index (χ3n) is 3.08. The molecule has 2 heteroatoms. The zero-order chi connectivity index (χ0) is 11.5. The van der Waals surface area contributed by atoms with Crippen molar-refractivity contribution in [1.29, 1.82) is 0 Å². The van der Waals surface area contributed by atoms with E-state index < -0.39 is 0 Å². The Hall–Kier alpha value is -1.54. The minimum absolute atomic E-state index is 0.320. The Bertz CT molecular complexity index is 438. The molecule has 88 valence electrons. The van der Waals surface area contributed by atoms with Gasteiger partial charge < -0.3 is 9.47 Å². The second kappa shape index (κ2) is 4.76. The van der Waals surface area contributed by atoms with Gasteiger partial charge in [-0.05, 0) is 36.1 Å². The van der Waals surface area contributed by atoms with Gasteiger partial charge in [0.05, 0.1) is 6.61 Å². The number of allylic oxidation sites excluding steroid dienone is 4. The molecule has 3 rings (SSSR count). The summed E-state index contributed by atoms with van der Waals surface area (Å²) in [6.07, 6.45) is 9.12. The van der Waals surface area contributed by atoms with Gasteiger partial charge in [-0.15, -0.1) is 0 Å². The summed E-state index contributed by atoms with van der Waals surface area (Å²) in [6.45, 7) is 1.52. The molecule has 0 spiro atoms. The largest absolute Gasteiger partial charge is 0.491 e. The number of ether oxygens (including phenoxy) is 2. The van der Waals surface area contributed by atoms with E-state index in [9.17, 15) is 0 Å². The van der Waals surface area contributed by atoms with E-state index in [0.717, 1.165) is 25.2 Å². The van der Waals surface area contributed by atoms with Crippen LogP contribution < -0.4 is 4.74 Å². The molecule has 2 aliphatic rings. The molecule has 0 bridgehead atoms. The highest BCUT2D eigenvalue weighted by molar-refractivity contribution is 5.68. The lowest BCUT2D eigenvalue weighted by molar-refractivity contribution is 0.263. The van der Waals surface area contributed by atoms with Crippen LogP contribution in [0.2, 0.25) is 0 Å². The Morgan fingerprint density at radius 2 is 2.06 bits per heavy atom. The third kappa shape index (κ3) is 2.77. The molecule has 1 atom stereocenters. The van der Waals surface area contributed by atoms with E-state index in [1.54, 1.807) is 0 Å². The van der Waals surface area contributed by atoms with Crippen molar-refractivity contribution in [1.82, 2.24) is 0 Å². The lowest BCUT2D eigenvalue weighted by Crippen LogP contribution is -2.03. The molecular formula is C15H16O2. The summed E-state index contributed by atoms with van der Waals surface area (Å²) >= 11 is 0. The maximum atomic E-state index is 5.61. The van der Waals surface area contributed by atoms with Gasteiger partial charge in [0, 0.05) is 0 Å². The first kappa shape index (κ1) is 10.6. The Kier molecular flexibility index (Phi) is 2.97. The normalized spacial score (nSPS) is 22.1. The van der Waals surface area contributed by atoms with Gasteiger partial charge in [0.15, 0.2) is 0 Å². The Morgan fingerprint density at radius 1 is 1.24 bits per heavy atom. The predicted molar refractivity (Wildman–Crippen MR) is 68.0 cm³/mol. The first-order valence-electron chi connectivity index (χ1n) is 6.12. The Labute approximate surface area is 102 Å². The molecule has 17 heavy (non-hydrogen) atoms. The van der Waals surface area contributed by atoms with E-state index in [1.807, 2.05) is 12.1 Å². The van der Waals surface area contributed by atoms with Gasteiger partial charge in [-0.25, -0.2) is 0 Å². The van der Waals surface area contributed by atoms with Crippen molar-refractivity contribution in [3.63, 3.8) is 0 Å². The molecule has 0 saturated carbocycles. The molecule has 0 aromatic heterocycles. The molecule has 1 aliphatic heterocycles. The zero-order valence-corrected chi connectivity index (χ0v) is 9.76. The van der Waals surface area contributed by atoms with Crippen LogP contribution in [0.15, 0.2) is 42.5 Å². The second-order valence-electron chi connectivity index (χ2n) is 4.45. The quantitative estimate of drug-likeness (QED) is 0.738. The zero-order valence-electron chi connectivity index (χ0n) is 9.76. The summed E-state index contributed by atoms with van der Waals surface area (Å²) in [5, 5.41) is 0. The Balaban J connectivity index is 1.66. The highest BCUT2D eigenvalue weighted by atomic mass is 16.6. The van der Waals surface area contributed by atoms with Crippen LogP contribution in [0.5, 0.6) is 5.75 Å². The van der Waals surface area contributed by atoms with E-state index in [0.29, 0.717) is 12.7 Å². The Morgan fingerprint density at radius 3 is 2.71 bits per heavy atom. The lowest BCUT2D eigenvalue weighted by Gasteiger charge is -2.10. The summed E-state index contributed by atoms with van der Waals surface area (Å²) < 4.78 is 10.7. The van der Waals surface area contributed by atoms with E-state index >= 15 is 0 Å². The molecule has 1 unspecified atom stereocenters. The van der Waals surface area contributed by atoms with Crippen LogP contribution in [0.4, 0.5) is 0 Å². The van der Waals surface area contributed by atoms with Gasteiger partial charge in [0.25, 0.3) is 0 Å². The summed E-state index contributed by atoms with van der Waals surface area (Å²) in [7, 11) is 0. The van der Waals surface area contributed by atoms with Crippen LogP contribution in [0.1, 0.15) is 18.4 Å². The van der Waals surface area contributed by atoms with Crippen molar-refractivity contribution in [2.24, 2.45) is 0 Å². The predicted octanol–water partition coefficient (Wildman–Crippen LogP) is 3.20. The smallest absolute Gasteiger partial charge is 0.119 e. The van der Waals surface area contributed by atoms with Crippen molar-refractivity contribution in [3.05, 3.63) is 48.1 Å². The number of hydrogen-bond acceptors (Lipinski definition) is 2. The lowest BCUT2D eigenvalue weighted by atomic mass is 9.97. The van der Waals surface area contributed by atoms with Crippen LogP contribution in [0.3, 0.4) is 0 Å². The molecule has 0 amide bonds. The topological polar surface area (TPSA) is 21.8 Å². The summed E-state index contributed by atoms with van der Waals surface area (Å²) in [6, 6.07) is 8.34. The fourth-order valence-electron chi connectivity index (χ4n) is 1.96. The SMILES string of the molecule is C1=CCCC(c2ccc(OCC3CO3)cc2)=C1. The maximum Gasteiger partial charge on any atom is 0.119 e. The molecule has 2 nitrogen and oxygen atoms in total. The van der Waals surface area contributed by atoms with Crippen LogP contribution in [0.25, 0.3) is 5.57 Å². The van der Waals surface area contributed by atoms with Gasteiger partial charge in [0.1, 0.15) is 18.5 Å². The molecule has 1 aromatic carbocycles. The highest BCUT2D eigenvalue weighted by Crippen LogP contribution is 2.25. The van der Waals surface area contributed by atoms with Crippen molar-refractivity contribution < 1.29 is 9.47 Å². The van der Waals surface area contributed by atoms with Gasteiger partial charge >= 0.3 is 0 Å². The van der Waals surface area contributed by atoms with E-state index in [-0.39, 0.29) is 0 Å². The molecule has 0 N–H and O–H groups in total. The van der Waals surface area contributed by atoms with Crippen molar-refractivity contribution in [2.45, 2.75) is 18.9 Å². The summed E-state index contributed by atoms with van der Waals surface area (Å²) in [4.78, 5) is 0. The molecule has 1 aliphatic carbocycles. The molecule has 1 saturated heterocycles. The number of benzene rings is 1. The minimum Gasteiger partial charge on any atom is -0.491 e. The van der Waals surface area contributed by atoms with Crippen LogP contribution in [-0.2, 0) is 4.74 Å². The summed E-state index contributed by atoms with van der Waals surface area (Å²) in [5.74, 6) is 0.927. The third-order valence-corrected chi connectivity index (χ3v) is 3.08. The molecule has 1 fully saturated rings. The van der Waals surface area contributed by atoms with Crippen LogP contribution in [0, 0.1) is 0 Å². The van der Waals surface area contributed by atoms with Gasteiger partial charge in [-0.1, -0.05) is 30.4 Å². The maximum absolute atomic E-state index is 5.61. The van der Waals surface area contributed by atoms with Crippen LogP contribution >= 0.6 is 0 Å². The second-order valence-corrected chi connectivity index (χ2v) is 4.45. The van der Waals surface area contributed by atoms with E-state index in [4.69, 9.17) is 9.47 Å². The molecule has 0 radical (unpaired) electrons. The molecule has 1 aromatic rings. The minimum atomic E-state index is 0.320. The fourth-order valence-corrected chi connectivity index (χ4v) is 1.96. The fraction of sp³-hybridized carbons (Fsp3) is 0.333. The first-order chi connectivity index (χ1) is 8.42. The first-order valence-corrected chi connectivity index (χ1v) is 6.12. The number of rotatable bonds is 4. The van der Waals surface area contributed by atoms with E-state index in [2.05, 4.69) is 30.4 Å². The molecular weight excluding hydrogens is 212 g/mol. The van der Waals surface area contributed by atoms with Crippen molar-refractivity contribution in [3.8, 4) is 5.75 Å². The monoisotopic (exact) mass is 228 g/mol. The number of hydrogen-bond donors (Lipinski definition) is 0. The average Bonchev–Trinajstić information content (AvgIpc) is 3.22. The highest BCUT2D eigenvalue weighted by Gasteiger charge is 2.22. The van der Waals surface area contributed by atoms with Crippen LogP contribution in [-0.4, -0.2) is 19.3 Å². The van der Waals surface area contributed by atoms with E-state index in [1.165, 1.54) is 11.1 Å². The van der Waals surface area contributed by atoms with Gasteiger partial charge in [-0.3, -0.25) is 0 Å². The van der Waals surface area contributed by atoms with Crippen molar-refractivity contribution >= 4 is 5.57 Å². The molecule has 1 heterocycles. The number of epoxide rings is 1. The van der Waals surface area contributed by atoms with Crippen molar-refractivity contribution in [2.75, 3.05) is 13.2 Å². The van der Waals surface area contributed by atoms with Gasteiger partial charge in [0.2, 0.25) is 0 Å².